The maximum absolute atomic E-state index is 12.7. The van der Waals surface area contributed by atoms with E-state index >= 15 is 0 Å². The fraction of sp³-hybridized carbons (Fsp3) is 0.0385. The van der Waals surface area contributed by atoms with E-state index in [2.05, 4.69) is 4.98 Å². The van der Waals surface area contributed by atoms with Crippen molar-refractivity contribution in [3.8, 4) is 5.75 Å². The van der Waals surface area contributed by atoms with Crippen molar-refractivity contribution in [2.24, 2.45) is 5.73 Å². The second-order valence-corrected chi connectivity index (χ2v) is 8.07. The number of nitrogens with zero attached hydrogens (tertiary/aromatic N) is 1. The predicted octanol–water partition coefficient (Wildman–Crippen LogP) is 6.12. The number of nitrogens with two attached hydrogens (primary N) is 1. The average molecular weight is 477 g/mol. The lowest BCUT2D eigenvalue weighted by atomic mass is 10.0. The Morgan fingerprint density at radius 1 is 0.970 bits per heavy atom. The molecule has 0 saturated carbocycles. The molecule has 4 rings (SSSR count). The minimum absolute atomic E-state index is 0.171. The van der Waals surface area contributed by atoms with E-state index in [0.29, 0.717) is 21.9 Å². The van der Waals surface area contributed by atoms with E-state index in [1.165, 1.54) is 12.2 Å². The number of halogens is 2. The molecule has 1 aromatic heterocycles. The monoisotopic (exact) mass is 476 g/mol. The van der Waals surface area contributed by atoms with Crippen LogP contribution in [0.25, 0.3) is 17.0 Å². The Morgan fingerprint density at radius 2 is 1.76 bits per heavy atom. The highest BCUT2D eigenvalue weighted by atomic mass is 35.5. The van der Waals surface area contributed by atoms with Crippen LogP contribution >= 0.6 is 23.2 Å². The molecule has 0 spiro atoms. The summed E-state index contributed by atoms with van der Waals surface area (Å²) in [6.07, 6.45) is 2.89. The van der Waals surface area contributed by atoms with Crippen LogP contribution in [0.1, 0.15) is 32.0 Å². The number of aromatic nitrogens is 1. The van der Waals surface area contributed by atoms with Gasteiger partial charge >= 0.3 is 0 Å². The molecule has 164 valence electrons. The standard InChI is InChI=1S/C26H18Cl2N2O3/c27-19-10-7-16-8-11-20(30-23(16)14-19)15-33-21-5-1-4-18(13-21)24(31)12-9-17-3-2-6-22(28)25(17)26(29)32/h1-14H,15H2,(H2,29,32). The van der Waals surface area contributed by atoms with Gasteiger partial charge in [-0.05, 0) is 48.0 Å². The smallest absolute Gasteiger partial charge is 0.250 e. The van der Waals surface area contributed by atoms with Gasteiger partial charge in [0.05, 0.1) is 21.8 Å². The van der Waals surface area contributed by atoms with Gasteiger partial charge in [0.2, 0.25) is 0 Å². The number of carbonyl (C=O) groups excluding carboxylic acids is 2. The Labute approximate surface area is 200 Å². The zero-order valence-corrected chi connectivity index (χ0v) is 18.8. The van der Waals surface area contributed by atoms with Crippen LogP contribution in [0.15, 0.2) is 78.9 Å². The number of hydrogen-bond acceptors (Lipinski definition) is 4. The average Bonchev–Trinajstić information content (AvgIpc) is 2.80. The van der Waals surface area contributed by atoms with E-state index in [4.69, 9.17) is 33.7 Å². The zero-order valence-electron chi connectivity index (χ0n) is 17.3. The summed E-state index contributed by atoms with van der Waals surface area (Å²) in [6.45, 7) is 0.237. The highest BCUT2D eigenvalue weighted by molar-refractivity contribution is 6.34. The number of ketones is 1. The Bertz CT molecular complexity index is 1400. The van der Waals surface area contributed by atoms with E-state index in [9.17, 15) is 9.59 Å². The number of amides is 1. The molecule has 0 fully saturated rings. The first-order chi connectivity index (χ1) is 15.9. The first-order valence-corrected chi connectivity index (χ1v) is 10.7. The Kier molecular flexibility index (Phi) is 6.73. The summed E-state index contributed by atoms with van der Waals surface area (Å²) < 4.78 is 5.84. The Morgan fingerprint density at radius 3 is 2.58 bits per heavy atom. The fourth-order valence-electron chi connectivity index (χ4n) is 3.31. The maximum Gasteiger partial charge on any atom is 0.250 e. The van der Waals surface area contributed by atoms with Crippen LogP contribution in [0.4, 0.5) is 0 Å². The lowest BCUT2D eigenvalue weighted by molar-refractivity contribution is 0.0998. The number of fused-ring (bicyclic) bond motifs is 1. The van der Waals surface area contributed by atoms with Gasteiger partial charge < -0.3 is 10.5 Å². The molecule has 2 N–H and O–H groups in total. The van der Waals surface area contributed by atoms with E-state index in [1.807, 2.05) is 24.3 Å². The van der Waals surface area contributed by atoms with E-state index in [0.717, 1.165) is 16.6 Å². The van der Waals surface area contributed by atoms with Crippen LogP contribution in [0.3, 0.4) is 0 Å². The summed E-state index contributed by atoms with van der Waals surface area (Å²) in [6, 6.07) is 21.1. The normalized spacial score (nSPS) is 11.1. The second-order valence-electron chi connectivity index (χ2n) is 7.22. The summed E-state index contributed by atoms with van der Waals surface area (Å²) in [4.78, 5) is 28.9. The molecule has 0 atom stereocenters. The van der Waals surface area contributed by atoms with Crippen molar-refractivity contribution in [3.63, 3.8) is 0 Å². The van der Waals surface area contributed by atoms with Crippen molar-refractivity contribution in [1.29, 1.82) is 0 Å². The summed E-state index contributed by atoms with van der Waals surface area (Å²) in [7, 11) is 0. The van der Waals surface area contributed by atoms with Crippen molar-refractivity contribution in [1.82, 2.24) is 4.98 Å². The number of allylic oxidation sites excluding steroid dienone is 1. The fourth-order valence-corrected chi connectivity index (χ4v) is 3.75. The van der Waals surface area contributed by atoms with E-state index < -0.39 is 5.91 Å². The van der Waals surface area contributed by atoms with Crippen LogP contribution in [0.2, 0.25) is 10.0 Å². The van der Waals surface area contributed by atoms with Gasteiger partial charge in [-0.2, -0.15) is 0 Å². The van der Waals surface area contributed by atoms with Crippen molar-refractivity contribution >= 4 is 51.9 Å². The highest BCUT2D eigenvalue weighted by Crippen LogP contribution is 2.22. The van der Waals surface area contributed by atoms with Crippen molar-refractivity contribution in [2.75, 3.05) is 0 Å². The molecule has 0 aliphatic carbocycles. The Balaban J connectivity index is 1.48. The molecular weight excluding hydrogens is 459 g/mol. The molecule has 3 aromatic carbocycles. The summed E-state index contributed by atoms with van der Waals surface area (Å²) in [5.74, 6) is -0.384. The molecule has 0 unspecified atom stereocenters. The number of pyridine rings is 1. The Hall–Kier alpha value is -3.67. The van der Waals surface area contributed by atoms with Crippen LogP contribution in [-0.4, -0.2) is 16.7 Å². The lowest BCUT2D eigenvalue weighted by Crippen LogP contribution is -2.13. The number of carbonyl (C=O) groups is 2. The predicted molar refractivity (Wildman–Crippen MR) is 131 cm³/mol. The van der Waals surface area contributed by atoms with E-state index in [-0.39, 0.29) is 23.0 Å². The molecule has 0 aliphatic heterocycles. The van der Waals surface area contributed by atoms with Crippen molar-refractivity contribution in [3.05, 3.63) is 111 Å². The van der Waals surface area contributed by atoms with Crippen LogP contribution in [-0.2, 0) is 6.61 Å². The zero-order chi connectivity index (χ0) is 23.4. The molecule has 0 radical (unpaired) electrons. The van der Waals surface area contributed by atoms with Gasteiger partial charge in [0.25, 0.3) is 5.91 Å². The van der Waals surface area contributed by atoms with Crippen molar-refractivity contribution < 1.29 is 14.3 Å². The topological polar surface area (TPSA) is 82.3 Å². The molecule has 0 aliphatic rings. The highest BCUT2D eigenvalue weighted by Gasteiger charge is 2.11. The summed E-state index contributed by atoms with van der Waals surface area (Å²) >= 11 is 12.1. The van der Waals surface area contributed by atoms with Gasteiger partial charge in [-0.25, -0.2) is 4.98 Å². The number of rotatable bonds is 7. The third-order valence-corrected chi connectivity index (χ3v) is 5.47. The van der Waals surface area contributed by atoms with Gasteiger partial charge in [0.15, 0.2) is 5.78 Å². The molecular formula is C26H18Cl2N2O3. The van der Waals surface area contributed by atoms with E-state index in [1.54, 1.807) is 48.5 Å². The molecule has 1 amide bonds. The first-order valence-electron chi connectivity index (χ1n) is 9.99. The number of benzene rings is 3. The number of primary amides is 1. The minimum Gasteiger partial charge on any atom is -0.487 e. The summed E-state index contributed by atoms with van der Waals surface area (Å²) in [5, 5.41) is 1.84. The van der Waals surface area contributed by atoms with Gasteiger partial charge in [0.1, 0.15) is 12.4 Å². The SMILES string of the molecule is NC(=O)c1c(Cl)cccc1C=CC(=O)c1cccc(OCc2ccc3ccc(Cl)cc3n2)c1. The molecule has 0 saturated heterocycles. The minimum atomic E-state index is -0.660. The maximum atomic E-state index is 12.7. The van der Waals surface area contributed by atoms with Gasteiger partial charge in [-0.15, -0.1) is 0 Å². The molecule has 1 heterocycles. The second kappa shape index (κ2) is 9.86. The first kappa shape index (κ1) is 22.5. The van der Waals surface area contributed by atoms with Crippen molar-refractivity contribution in [2.45, 2.75) is 6.61 Å². The quantitative estimate of drug-likeness (QED) is 0.257. The molecule has 4 aromatic rings. The van der Waals surface area contributed by atoms with Gasteiger partial charge in [0, 0.05) is 16.0 Å². The molecule has 5 nitrogen and oxygen atoms in total. The van der Waals surface area contributed by atoms with Crippen LogP contribution in [0.5, 0.6) is 5.75 Å². The third kappa shape index (κ3) is 5.40. The molecule has 7 heteroatoms. The largest absolute Gasteiger partial charge is 0.487 e. The third-order valence-electron chi connectivity index (χ3n) is 4.92. The molecule has 0 bridgehead atoms. The summed E-state index contributed by atoms with van der Waals surface area (Å²) in [5.41, 5.74) is 8.00. The van der Waals surface area contributed by atoms with Gasteiger partial charge in [-0.1, -0.05) is 65.7 Å². The lowest BCUT2D eigenvalue weighted by Gasteiger charge is -2.08. The van der Waals surface area contributed by atoms with Gasteiger partial charge in [-0.3, -0.25) is 9.59 Å². The number of ether oxygens (including phenoxy) is 1. The van der Waals surface area contributed by atoms with Crippen LogP contribution in [0, 0.1) is 0 Å². The number of hydrogen-bond donors (Lipinski definition) is 1. The van der Waals surface area contributed by atoms with Crippen LogP contribution < -0.4 is 10.5 Å². The molecule has 33 heavy (non-hydrogen) atoms.